The molecule has 0 bridgehead atoms. The number of likely N-dealkylation sites (tertiary alicyclic amines) is 1. The van der Waals surface area contributed by atoms with Crippen molar-refractivity contribution in [3.8, 4) is 11.5 Å². The molecular formula is C28H42N4O4S. The van der Waals surface area contributed by atoms with Crippen molar-refractivity contribution in [1.29, 1.82) is 0 Å². The van der Waals surface area contributed by atoms with Gasteiger partial charge in [-0.05, 0) is 102 Å². The van der Waals surface area contributed by atoms with Crippen LogP contribution in [0.2, 0.25) is 0 Å². The quantitative estimate of drug-likeness (QED) is 0.484. The Morgan fingerprint density at radius 2 is 2.05 bits per heavy atom. The van der Waals surface area contributed by atoms with Crippen molar-refractivity contribution in [3.05, 3.63) is 30.0 Å². The molecule has 0 saturated carbocycles. The van der Waals surface area contributed by atoms with Gasteiger partial charge < -0.3 is 20.5 Å². The van der Waals surface area contributed by atoms with Crippen molar-refractivity contribution in [1.82, 2.24) is 9.21 Å². The molecule has 3 unspecified atom stereocenters. The lowest BCUT2D eigenvalue weighted by atomic mass is 9.67. The molecule has 9 heteroatoms. The molecule has 3 atom stereocenters. The van der Waals surface area contributed by atoms with Gasteiger partial charge in [-0.2, -0.15) is 0 Å². The highest BCUT2D eigenvalue weighted by molar-refractivity contribution is 8.11. The van der Waals surface area contributed by atoms with Crippen molar-refractivity contribution in [2.24, 2.45) is 17.6 Å². The van der Waals surface area contributed by atoms with E-state index in [4.69, 9.17) is 15.2 Å². The van der Waals surface area contributed by atoms with Crippen molar-refractivity contribution in [3.63, 3.8) is 0 Å². The number of rotatable bonds is 8. The molecule has 3 N–H and O–H groups in total. The van der Waals surface area contributed by atoms with E-state index in [1.807, 2.05) is 50.5 Å². The summed E-state index contributed by atoms with van der Waals surface area (Å²) in [7, 11) is 3.79. The number of amides is 1. The smallest absolute Gasteiger partial charge is 0.235 e. The second kappa shape index (κ2) is 11.0. The first kappa shape index (κ1) is 28.0. The molecule has 3 aliphatic rings. The molecule has 3 heterocycles. The Morgan fingerprint density at radius 3 is 2.73 bits per heavy atom. The van der Waals surface area contributed by atoms with E-state index in [-0.39, 0.29) is 28.9 Å². The Labute approximate surface area is 225 Å². The maximum atomic E-state index is 13.8. The van der Waals surface area contributed by atoms with E-state index in [1.54, 1.807) is 6.26 Å². The average Bonchev–Trinajstić information content (AvgIpc) is 3.00. The summed E-state index contributed by atoms with van der Waals surface area (Å²) in [5, 5.41) is 3.32. The van der Waals surface area contributed by atoms with Crippen LogP contribution in [0.1, 0.15) is 58.9 Å². The number of nitrogens with one attached hydrogen (secondary N) is 1. The summed E-state index contributed by atoms with van der Waals surface area (Å²) in [6.45, 7) is 10.1. The number of ether oxygens (including phenoxy) is 2. The molecule has 1 aromatic carbocycles. The Balaban J connectivity index is 1.63. The predicted molar refractivity (Wildman–Crippen MR) is 149 cm³/mol. The molecular weight excluding hydrogens is 488 g/mol. The van der Waals surface area contributed by atoms with E-state index in [1.165, 1.54) is 11.9 Å². The van der Waals surface area contributed by atoms with Crippen LogP contribution in [0.5, 0.6) is 11.5 Å². The molecule has 0 aromatic heterocycles. The molecule has 0 spiro atoms. The lowest BCUT2D eigenvalue weighted by Crippen LogP contribution is -2.49. The molecule has 0 radical (unpaired) electrons. The van der Waals surface area contributed by atoms with Crippen LogP contribution >= 0.6 is 11.9 Å². The number of hydrogen-bond acceptors (Lipinski definition) is 8. The second-order valence-corrected chi connectivity index (χ2v) is 12.9. The number of nitrogens with two attached hydrogens (primary N) is 1. The highest BCUT2D eigenvalue weighted by Crippen LogP contribution is 2.53. The molecule has 1 aromatic rings. The van der Waals surface area contributed by atoms with Crippen LogP contribution in [-0.4, -0.2) is 65.6 Å². The van der Waals surface area contributed by atoms with Gasteiger partial charge in [0.15, 0.2) is 11.5 Å². The number of hydrogen-bond donors (Lipinski definition) is 2. The zero-order valence-electron chi connectivity index (χ0n) is 23.0. The van der Waals surface area contributed by atoms with Gasteiger partial charge in [0.2, 0.25) is 11.0 Å². The van der Waals surface area contributed by atoms with Gasteiger partial charge >= 0.3 is 0 Å². The van der Waals surface area contributed by atoms with E-state index in [0.717, 1.165) is 31.4 Å². The summed E-state index contributed by atoms with van der Waals surface area (Å²) < 4.78 is 14.0. The minimum Gasteiger partial charge on any atom is -0.480 e. The monoisotopic (exact) mass is 530 g/mol. The van der Waals surface area contributed by atoms with E-state index < -0.39 is 11.0 Å². The van der Waals surface area contributed by atoms with Crippen molar-refractivity contribution in [2.45, 2.75) is 70.4 Å². The number of piperidine rings is 1. The van der Waals surface area contributed by atoms with Crippen molar-refractivity contribution >= 4 is 28.7 Å². The highest BCUT2D eigenvalue weighted by atomic mass is 32.2. The van der Waals surface area contributed by atoms with E-state index >= 15 is 0 Å². The van der Waals surface area contributed by atoms with Crippen molar-refractivity contribution in [2.75, 3.05) is 39.0 Å². The van der Waals surface area contributed by atoms with Gasteiger partial charge in [0.05, 0.1) is 23.4 Å². The Morgan fingerprint density at radius 1 is 1.30 bits per heavy atom. The summed E-state index contributed by atoms with van der Waals surface area (Å²) in [6, 6.07) is 3.80. The Kier molecular flexibility index (Phi) is 8.28. The fourth-order valence-corrected chi connectivity index (χ4v) is 6.67. The zero-order valence-corrected chi connectivity index (χ0v) is 23.8. The van der Waals surface area contributed by atoms with E-state index in [0.29, 0.717) is 36.7 Å². The van der Waals surface area contributed by atoms with E-state index in [9.17, 15) is 9.59 Å². The molecule has 1 fully saturated rings. The predicted octanol–water partition coefficient (Wildman–Crippen LogP) is 4.15. The topological polar surface area (TPSA) is 97.1 Å². The molecule has 204 valence electrons. The van der Waals surface area contributed by atoms with E-state index in [2.05, 4.69) is 24.1 Å². The maximum absolute atomic E-state index is 13.8. The summed E-state index contributed by atoms with van der Waals surface area (Å²) >= 11 is 1.27. The Bertz CT molecular complexity index is 1060. The minimum absolute atomic E-state index is 0.0302. The second-order valence-electron chi connectivity index (χ2n) is 11.6. The third-order valence-corrected chi connectivity index (χ3v) is 8.67. The first-order valence-corrected chi connectivity index (χ1v) is 14.1. The van der Waals surface area contributed by atoms with Gasteiger partial charge in [-0.15, -0.1) is 0 Å². The third-order valence-electron chi connectivity index (χ3n) is 7.85. The molecule has 8 nitrogen and oxygen atoms in total. The van der Waals surface area contributed by atoms with Crippen LogP contribution in [0.4, 0.5) is 5.69 Å². The molecule has 1 saturated heterocycles. The van der Waals surface area contributed by atoms with Gasteiger partial charge in [-0.25, -0.2) is 0 Å². The maximum Gasteiger partial charge on any atom is 0.235 e. The number of anilines is 1. The molecule has 1 amide bonds. The van der Waals surface area contributed by atoms with Crippen LogP contribution in [0.25, 0.3) is 0 Å². The van der Waals surface area contributed by atoms with Crippen LogP contribution in [0.15, 0.2) is 24.5 Å². The average molecular weight is 531 g/mol. The first-order valence-electron chi connectivity index (χ1n) is 13.3. The number of nitrogens with zero attached hydrogens (tertiary/aromatic N) is 2. The van der Waals surface area contributed by atoms with Crippen LogP contribution in [0.3, 0.4) is 0 Å². The molecule has 4 rings (SSSR count). The zero-order chi connectivity index (χ0) is 27.0. The van der Waals surface area contributed by atoms with Crippen LogP contribution in [0, 0.1) is 11.8 Å². The fourth-order valence-electron chi connectivity index (χ4n) is 5.93. The highest BCUT2D eigenvalue weighted by Gasteiger charge is 2.52. The molecule has 3 aliphatic heterocycles. The lowest BCUT2D eigenvalue weighted by Gasteiger charge is -2.40. The first-order chi connectivity index (χ1) is 17.5. The number of carbonyl (C=O) groups excluding carboxylic acids is 2. The van der Waals surface area contributed by atoms with Gasteiger partial charge in [-0.1, -0.05) is 26.3 Å². The van der Waals surface area contributed by atoms with Gasteiger partial charge in [-0.3, -0.25) is 18.8 Å². The third kappa shape index (κ3) is 5.55. The summed E-state index contributed by atoms with van der Waals surface area (Å²) in [5.41, 5.74) is 6.68. The van der Waals surface area contributed by atoms with Crippen LogP contribution < -0.4 is 20.5 Å². The van der Waals surface area contributed by atoms with Gasteiger partial charge in [0, 0.05) is 6.54 Å². The SMILES string of the molecule is CC(C)C1(CC(CN)CN2CCCCC2C(=O)SN(C)C)C(=O)Nc2c1ccc1c2OC=CC(C)(C)O1. The number of carbonyl (C=O) groups is 2. The lowest BCUT2D eigenvalue weighted by molar-refractivity contribution is -0.123. The summed E-state index contributed by atoms with van der Waals surface area (Å²) in [4.78, 5) is 29.1. The standard InChI is InChI=1S/C28H42N4O4S/c1-18(2)28(15-19(16-29)17-32-13-8-7-9-21(32)25(33)37-31(5)6)20-10-11-22-24(23(20)30-26(28)34)35-14-12-27(3,4)36-22/h10-12,14,18-19,21H,7-9,13,15-17,29H2,1-6H3,(H,30,34). The van der Waals surface area contributed by atoms with Gasteiger partial charge in [0.1, 0.15) is 5.60 Å². The Hall–Kier alpha value is -2.07. The molecule has 37 heavy (non-hydrogen) atoms. The van der Waals surface area contributed by atoms with Crippen LogP contribution in [-0.2, 0) is 15.0 Å². The minimum atomic E-state index is -0.753. The number of fused-ring (bicyclic) bond motifs is 3. The summed E-state index contributed by atoms with van der Waals surface area (Å²) in [6.07, 6.45) is 7.08. The number of benzene rings is 1. The summed E-state index contributed by atoms with van der Waals surface area (Å²) in [5.74, 6) is 1.20. The normalized spacial score (nSPS) is 25.6. The van der Waals surface area contributed by atoms with Gasteiger partial charge in [0.25, 0.3) is 0 Å². The molecule has 0 aliphatic carbocycles. The van der Waals surface area contributed by atoms with Crippen molar-refractivity contribution < 1.29 is 19.1 Å². The largest absolute Gasteiger partial charge is 0.480 e. The fraction of sp³-hybridized carbons (Fsp3) is 0.643.